The van der Waals surface area contributed by atoms with Gasteiger partial charge in [-0.05, 0) is 37.5 Å². The van der Waals surface area contributed by atoms with E-state index in [0.717, 1.165) is 66.4 Å². The van der Waals surface area contributed by atoms with Gasteiger partial charge in [0.15, 0.2) is 5.69 Å². The zero-order valence-electron chi connectivity index (χ0n) is 16.2. The van der Waals surface area contributed by atoms with Crippen molar-refractivity contribution in [3.05, 3.63) is 47.2 Å². The Bertz CT molecular complexity index is 973. The Morgan fingerprint density at radius 2 is 2.11 bits per heavy atom. The van der Waals surface area contributed by atoms with Gasteiger partial charge in [-0.2, -0.15) is 0 Å². The van der Waals surface area contributed by atoms with Crippen LogP contribution in [0.4, 0.5) is 0 Å². The molecule has 3 aliphatic rings. The van der Waals surface area contributed by atoms with Gasteiger partial charge in [0, 0.05) is 18.7 Å². The van der Waals surface area contributed by atoms with Crippen molar-refractivity contribution in [2.24, 2.45) is 0 Å². The first-order valence-electron chi connectivity index (χ1n) is 9.78. The fourth-order valence-electron chi connectivity index (χ4n) is 4.27. The van der Waals surface area contributed by atoms with Gasteiger partial charge in [0.25, 0.3) is 5.91 Å². The molecule has 0 aliphatic carbocycles. The molecule has 0 spiro atoms. The first-order valence-corrected chi connectivity index (χ1v) is 9.78. The highest BCUT2D eigenvalue weighted by atomic mass is 16.5. The summed E-state index contributed by atoms with van der Waals surface area (Å²) in [4.78, 5) is 19.5. The molecule has 4 heterocycles. The van der Waals surface area contributed by atoms with E-state index in [2.05, 4.69) is 27.9 Å². The van der Waals surface area contributed by atoms with Crippen LogP contribution in [-0.4, -0.2) is 45.6 Å². The van der Waals surface area contributed by atoms with Gasteiger partial charge < -0.3 is 15.1 Å². The number of carbonyl (C=O) groups is 1. The number of benzene rings is 1. The van der Waals surface area contributed by atoms with E-state index in [4.69, 9.17) is 4.74 Å². The number of rotatable bonds is 3. The van der Waals surface area contributed by atoms with Crippen molar-refractivity contribution < 1.29 is 9.53 Å². The molecule has 1 amide bonds. The Kier molecular flexibility index (Phi) is 4.01. The van der Waals surface area contributed by atoms with E-state index >= 15 is 0 Å². The first kappa shape index (κ1) is 17.1. The van der Waals surface area contributed by atoms with Gasteiger partial charge in [-0.25, -0.2) is 4.98 Å². The molecule has 3 aliphatic heterocycles. The smallest absolute Gasteiger partial charge is 0.274 e. The first-order chi connectivity index (χ1) is 13.7. The molecule has 0 radical (unpaired) electrons. The molecule has 5 rings (SSSR count). The van der Waals surface area contributed by atoms with Crippen molar-refractivity contribution in [3.8, 4) is 11.4 Å². The molecule has 2 aromatic rings. The summed E-state index contributed by atoms with van der Waals surface area (Å²) in [7, 11) is 1.67. The van der Waals surface area contributed by atoms with Crippen LogP contribution in [0.5, 0.6) is 5.75 Å². The van der Waals surface area contributed by atoms with Crippen molar-refractivity contribution in [3.63, 3.8) is 0 Å². The van der Waals surface area contributed by atoms with Crippen molar-refractivity contribution in [1.82, 2.24) is 30.4 Å². The van der Waals surface area contributed by atoms with Gasteiger partial charge in [-0.1, -0.05) is 6.92 Å². The lowest BCUT2D eigenvalue weighted by Crippen LogP contribution is -2.37. The average Bonchev–Trinajstić information content (AvgIpc) is 3.46. The van der Waals surface area contributed by atoms with Crippen LogP contribution in [0.2, 0.25) is 0 Å². The summed E-state index contributed by atoms with van der Waals surface area (Å²) in [6.45, 7) is 4.29. The normalized spacial score (nSPS) is 17.8. The highest BCUT2D eigenvalue weighted by Gasteiger charge is 2.34. The molecule has 1 fully saturated rings. The molecular formula is C20H24N6O2. The molecule has 0 atom stereocenters. The van der Waals surface area contributed by atoms with E-state index in [9.17, 15) is 4.79 Å². The highest BCUT2D eigenvalue weighted by molar-refractivity contribution is 5.94. The lowest BCUT2D eigenvalue weighted by atomic mass is 10.1. The van der Waals surface area contributed by atoms with Gasteiger partial charge >= 0.3 is 0 Å². The quantitative estimate of drug-likeness (QED) is 0.849. The monoisotopic (exact) mass is 380 g/mol. The van der Waals surface area contributed by atoms with Gasteiger partial charge in [0.05, 0.1) is 36.4 Å². The molecule has 1 aromatic heterocycles. The van der Waals surface area contributed by atoms with E-state index in [1.165, 1.54) is 0 Å². The second-order valence-corrected chi connectivity index (χ2v) is 7.30. The summed E-state index contributed by atoms with van der Waals surface area (Å²) in [6, 6.07) is 6.02. The maximum atomic E-state index is 13.1. The molecule has 0 unspecified atom stereocenters. The number of hydrazine groups is 2. The predicted molar refractivity (Wildman–Crippen MR) is 104 cm³/mol. The summed E-state index contributed by atoms with van der Waals surface area (Å²) < 4.78 is 7.51. The summed E-state index contributed by atoms with van der Waals surface area (Å²) in [6.07, 6.45) is 4.76. The van der Waals surface area contributed by atoms with Crippen LogP contribution >= 0.6 is 0 Å². The minimum atomic E-state index is 0.0246. The number of nitrogens with one attached hydrogen (secondary N) is 2. The maximum absolute atomic E-state index is 13.1. The van der Waals surface area contributed by atoms with Crippen molar-refractivity contribution in [1.29, 1.82) is 0 Å². The van der Waals surface area contributed by atoms with Crippen LogP contribution in [0.15, 0.2) is 30.2 Å². The molecular weight excluding hydrogens is 356 g/mol. The summed E-state index contributed by atoms with van der Waals surface area (Å²) in [5, 5.41) is 2.05. The van der Waals surface area contributed by atoms with Crippen LogP contribution in [0.1, 0.15) is 47.9 Å². The third-order valence-corrected chi connectivity index (χ3v) is 5.74. The number of carbonyl (C=O) groups excluding carboxylic acids is 1. The zero-order chi connectivity index (χ0) is 19.3. The maximum Gasteiger partial charge on any atom is 0.274 e. The lowest BCUT2D eigenvalue weighted by Gasteiger charge is -2.20. The second kappa shape index (κ2) is 6.56. The molecule has 0 saturated carbocycles. The molecule has 8 heteroatoms. The number of hydrogen-bond acceptors (Lipinski definition) is 6. The van der Waals surface area contributed by atoms with E-state index in [0.29, 0.717) is 12.2 Å². The van der Waals surface area contributed by atoms with Crippen LogP contribution in [0, 0.1) is 0 Å². The SMILES string of the molecule is CCC1=C2c3cc(OC)ccc3-n3cnc(C(=O)N4CCCC4)c3CN2NN1. The Balaban J connectivity index is 1.68. The van der Waals surface area contributed by atoms with E-state index in [1.807, 2.05) is 27.7 Å². The highest BCUT2D eigenvalue weighted by Crippen LogP contribution is 2.37. The third-order valence-electron chi connectivity index (χ3n) is 5.74. The van der Waals surface area contributed by atoms with Crippen molar-refractivity contribution in [2.75, 3.05) is 20.2 Å². The molecule has 28 heavy (non-hydrogen) atoms. The molecule has 1 saturated heterocycles. The molecule has 2 N–H and O–H groups in total. The second-order valence-electron chi connectivity index (χ2n) is 7.30. The van der Waals surface area contributed by atoms with E-state index < -0.39 is 0 Å². The fraction of sp³-hybridized carbons (Fsp3) is 0.400. The largest absolute Gasteiger partial charge is 0.497 e. The van der Waals surface area contributed by atoms with Crippen molar-refractivity contribution >= 4 is 11.6 Å². The van der Waals surface area contributed by atoms with Crippen molar-refractivity contribution in [2.45, 2.75) is 32.7 Å². The number of aromatic nitrogens is 2. The standard InChI is InChI=1S/C20H24N6O2/c1-3-15-19-14-10-13(28-2)6-7-16(14)25-12-21-18(17(25)11-26(19)23-22-15)20(27)24-8-4-5-9-24/h6-7,10,12,22-23H,3-5,8-9,11H2,1-2H3. The fourth-order valence-corrected chi connectivity index (χ4v) is 4.27. The number of imidazole rings is 1. The summed E-state index contributed by atoms with van der Waals surface area (Å²) >= 11 is 0. The number of allylic oxidation sites excluding steroid dienone is 1. The minimum Gasteiger partial charge on any atom is -0.497 e. The predicted octanol–water partition coefficient (Wildman–Crippen LogP) is 2.03. The van der Waals surface area contributed by atoms with E-state index in [1.54, 1.807) is 13.4 Å². The number of methoxy groups -OCH3 is 1. The number of hydrogen-bond donors (Lipinski definition) is 2. The van der Waals surface area contributed by atoms with Gasteiger partial charge in [-0.3, -0.25) is 14.4 Å². The molecule has 8 nitrogen and oxygen atoms in total. The number of ether oxygens (including phenoxy) is 1. The summed E-state index contributed by atoms with van der Waals surface area (Å²) in [5.41, 5.74) is 12.2. The van der Waals surface area contributed by atoms with Gasteiger partial charge in [0.1, 0.15) is 12.1 Å². The van der Waals surface area contributed by atoms with Crippen LogP contribution in [0.3, 0.4) is 0 Å². The van der Waals surface area contributed by atoms with Crippen LogP contribution in [0.25, 0.3) is 11.4 Å². The number of amides is 1. The number of nitrogens with zero attached hydrogens (tertiary/aromatic N) is 4. The molecule has 1 aromatic carbocycles. The Labute approximate surface area is 163 Å². The number of likely N-dealkylation sites (tertiary alicyclic amines) is 1. The zero-order valence-corrected chi connectivity index (χ0v) is 16.2. The molecule has 0 bridgehead atoms. The average molecular weight is 380 g/mol. The van der Waals surface area contributed by atoms with Crippen LogP contribution < -0.4 is 15.7 Å². The van der Waals surface area contributed by atoms with Gasteiger partial charge in [-0.15, -0.1) is 5.53 Å². The molecule has 146 valence electrons. The Morgan fingerprint density at radius 3 is 2.86 bits per heavy atom. The minimum absolute atomic E-state index is 0.0246. The topological polar surface area (TPSA) is 74.7 Å². The van der Waals surface area contributed by atoms with Gasteiger partial charge in [0.2, 0.25) is 0 Å². The Hall–Kier alpha value is -3.00. The third kappa shape index (κ3) is 2.48. The summed E-state index contributed by atoms with van der Waals surface area (Å²) in [5.74, 6) is 0.821. The Morgan fingerprint density at radius 1 is 1.29 bits per heavy atom. The number of fused-ring (bicyclic) bond motifs is 5. The van der Waals surface area contributed by atoms with E-state index in [-0.39, 0.29) is 5.91 Å². The lowest BCUT2D eigenvalue weighted by molar-refractivity contribution is 0.0785. The van der Waals surface area contributed by atoms with Crippen LogP contribution in [-0.2, 0) is 6.54 Å².